The topological polar surface area (TPSA) is 0 Å². The van der Waals surface area contributed by atoms with E-state index in [9.17, 15) is 8.78 Å². The second kappa shape index (κ2) is 5.26. The maximum atomic E-state index is 13.6. The zero-order valence-corrected chi connectivity index (χ0v) is 10.6. The monoisotopic (exact) mass is 288 g/mol. The first-order valence-electron chi connectivity index (χ1n) is 5.77. The fourth-order valence-electron chi connectivity index (χ4n) is 2.41. The molecule has 0 nitrogen and oxygen atoms in total. The standard InChI is InChI=1S/C13H15BrF2/c14-13(9-4-2-1-3-5-9)11-7-6-10(15)8-12(11)16/h6-9,13H,1-5H2. The molecule has 2 rings (SSSR count). The van der Waals surface area contributed by atoms with Crippen LogP contribution in [0.15, 0.2) is 18.2 Å². The van der Waals surface area contributed by atoms with Crippen molar-refractivity contribution in [3.05, 3.63) is 35.4 Å². The first-order valence-corrected chi connectivity index (χ1v) is 6.69. The number of halogens is 3. The summed E-state index contributed by atoms with van der Waals surface area (Å²) in [5.41, 5.74) is 0.591. The van der Waals surface area contributed by atoms with Gasteiger partial charge in [0, 0.05) is 16.5 Å². The molecule has 0 heterocycles. The molecule has 3 heteroatoms. The Morgan fingerprint density at radius 3 is 2.44 bits per heavy atom. The van der Waals surface area contributed by atoms with Gasteiger partial charge in [0.1, 0.15) is 11.6 Å². The molecule has 1 aliphatic carbocycles. The SMILES string of the molecule is Fc1ccc(C(Br)C2CCCCC2)c(F)c1. The van der Waals surface area contributed by atoms with Crippen LogP contribution in [0.4, 0.5) is 8.78 Å². The molecule has 0 saturated heterocycles. The van der Waals surface area contributed by atoms with Crippen molar-refractivity contribution in [3.63, 3.8) is 0 Å². The lowest BCUT2D eigenvalue weighted by Crippen LogP contribution is -2.13. The van der Waals surface area contributed by atoms with Crippen molar-refractivity contribution in [1.29, 1.82) is 0 Å². The van der Waals surface area contributed by atoms with Crippen LogP contribution >= 0.6 is 15.9 Å². The van der Waals surface area contributed by atoms with Crippen molar-refractivity contribution in [2.45, 2.75) is 36.9 Å². The van der Waals surface area contributed by atoms with Crippen LogP contribution in [0.3, 0.4) is 0 Å². The summed E-state index contributed by atoms with van der Waals surface area (Å²) < 4.78 is 26.4. The largest absolute Gasteiger partial charge is 0.207 e. The fraction of sp³-hybridized carbons (Fsp3) is 0.538. The van der Waals surface area contributed by atoms with Gasteiger partial charge in [-0.05, 0) is 24.8 Å². The third-order valence-corrected chi connectivity index (χ3v) is 4.56. The predicted molar refractivity (Wildman–Crippen MR) is 64.6 cm³/mol. The summed E-state index contributed by atoms with van der Waals surface area (Å²) in [6, 6.07) is 3.85. The van der Waals surface area contributed by atoms with Crippen LogP contribution in [0.1, 0.15) is 42.5 Å². The van der Waals surface area contributed by atoms with E-state index in [0.717, 1.165) is 18.9 Å². The highest BCUT2D eigenvalue weighted by Crippen LogP contribution is 2.40. The van der Waals surface area contributed by atoms with Gasteiger partial charge in [-0.25, -0.2) is 8.78 Å². The zero-order chi connectivity index (χ0) is 11.5. The van der Waals surface area contributed by atoms with E-state index in [1.165, 1.54) is 25.3 Å². The van der Waals surface area contributed by atoms with Crippen LogP contribution in [-0.4, -0.2) is 0 Å². The molecule has 0 N–H and O–H groups in total. The summed E-state index contributed by atoms with van der Waals surface area (Å²) in [5.74, 6) is -0.467. The quantitative estimate of drug-likeness (QED) is 0.673. The lowest BCUT2D eigenvalue weighted by atomic mass is 9.84. The van der Waals surface area contributed by atoms with E-state index in [2.05, 4.69) is 15.9 Å². The molecule has 0 radical (unpaired) electrons. The Labute approximate surface area is 103 Å². The van der Waals surface area contributed by atoms with E-state index in [-0.39, 0.29) is 4.83 Å². The number of hydrogen-bond donors (Lipinski definition) is 0. The fourth-order valence-corrected chi connectivity index (χ4v) is 3.31. The van der Waals surface area contributed by atoms with E-state index in [0.29, 0.717) is 11.5 Å². The van der Waals surface area contributed by atoms with Gasteiger partial charge in [-0.15, -0.1) is 0 Å². The van der Waals surface area contributed by atoms with E-state index < -0.39 is 11.6 Å². The minimum absolute atomic E-state index is 0.0217. The van der Waals surface area contributed by atoms with Crippen molar-refractivity contribution in [3.8, 4) is 0 Å². The Kier molecular flexibility index (Phi) is 3.95. The molecule has 0 aliphatic heterocycles. The van der Waals surface area contributed by atoms with E-state index in [1.807, 2.05) is 0 Å². The molecule has 1 aromatic rings. The summed E-state index contributed by atoms with van der Waals surface area (Å²) in [6.45, 7) is 0. The highest BCUT2D eigenvalue weighted by atomic mass is 79.9. The van der Waals surface area contributed by atoms with Crippen LogP contribution in [0.5, 0.6) is 0 Å². The second-order valence-corrected chi connectivity index (χ2v) is 5.45. The minimum atomic E-state index is -0.510. The van der Waals surface area contributed by atoms with Gasteiger partial charge in [0.05, 0.1) is 0 Å². The van der Waals surface area contributed by atoms with Gasteiger partial charge in [-0.2, -0.15) is 0 Å². The molecule has 16 heavy (non-hydrogen) atoms. The molecule has 88 valence electrons. The summed E-state index contributed by atoms with van der Waals surface area (Å²) in [5, 5.41) is 0. The average Bonchev–Trinajstić information content (AvgIpc) is 2.29. The smallest absolute Gasteiger partial charge is 0.130 e. The van der Waals surface area contributed by atoms with Gasteiger partial charge in [-0.3, -0.25) is 0 Å². The van der Waals surface area contributed by atoms with Gasteiger partial charge in [-0.1, -0.05) is 41.3 Å². The second-order valence-electron chi connectivity index (χ2n) is 4.47. The Morgan fingerprint density at radius 1 is 1.12 bits per heavy atom. The summed E-state index contributed by atoms with van der Waals surface area (Å²) in [4.78, 5) is 0.0217. The Balaban J connectivity index is 2.15. The third kappa shape index (κ3) is 2.62. The molecule has 0 bridgehead atoms. The highest BCUT2D eigenvalue weighted by Gasteiger charge is 2.24. The Hall–Kier alpha value is -0.440. The van der Waals surface area contributed by atoms with Gasteiger partial charge >= 0.3 is 0 Å². The molecule has 1 fully saturated rings. The predicted octanol–water partition coefficient (Wildman–Crippen LogP) is 4.98. The Morgan fingerprint density at radius 2 is 1.81 bits per heavy atom. The molecule has 0 spiro atoms. The molecule has 1 saturated carbocycles. The molecule has 1 aliphatic rings. The summed E-state index contributed by atoms with van der Waals surface area (Å²) in [6.07, 6.45) is 5.98. The van der Waals surface area contributed by atoms with Crippen LogP contribution < -0.4 is 0 Å². The number of alkyl halides is 1. The zero-order valence-electron chi connectivity index (χ0n) is 9.06. The minimum Gasteiger partial charge on any atom is -0.207 e. The van der Waals surface area contributed by atoms with Crippen molar-refractivity contribution < 1.29 is 8.78 Å². The normalized spacial score (nSPS) is 19.7. The van der Waals surface area contributed by atoms with E-state index >= 15 is 0 Å². The lowest BCUT2D eigenvalue weighted by molar-refractivity contribution is 0.350. The first-order chi connectivity index (χ1) is 7.68. The van der Waals surface area contributed by atoms with Gasteiger partial charge < -0.3 is 0 Å². The van der Waals surface area contributed by atoms with Gasteiger partial charge in [0.15, 0.2) is 0 Å². The highest BCUT2D eigenvalue weighted by molar-refractivity contribution is 9.09. The Bertz CT molecular complexity index is 359. The lowest BCUT2D eigenvalue weighted by Gasteiger charge is -2.26. The van der Waals surface area contributed by atoms with Crippen LogP contribution in [-0.2, 0) is 0 Å². The molecule has 0 aromatic heterocycles. The van der Waals surface area contributed by atoms with Crippen LogP contribution in [0.2, 0.25) is 0 Å². The molecule has 1 aromatic carbocycles. The number of benzene rings is 1. The molecule has 1 unspecified atom stereocenters. The third-order valence-electron chi connectivity index (χ3n) is 3.32. The van der Waals surface area contributed by atoms with Crippen molar-refractivity contribution in [2.75, 3.05) is 0 Å². The molecular weight excluding hydrogens is 274 g/mol. The van der Waals surface area contributed by atoms with E-state index in [4.69, 9.17) is 0 Å². The molecular formula is C13H15BrF2. The number of hydrogen-bond acceptors (Lipinski definition) is 0. The van der Waals surface area contributed by atoms with Crippen LogP contribution in [0, 0.1) is 17.6 Å². The number of rotatable bonds is 2. The average molecular weight is 289 g/mol. The van der Waals surface area contributed by atoms with Crippen molar-refractivity contribution >= 4 is 15.9 Å². The maximum absolute atomic E-state index is 13.6. The van der Waals surface area contributed by atoms with Crippen molar-refractivity contribution in [2.24, 2.45) is 5.92 Å². The van der Waals surface area contributed by atoms with E-state index in [1.54, 1.807) is 6.07 Å². The first kappa shape index (κ1) is 12.0. The van der Waals surface area contributed by atoms with Crippen molar-refractivity contribution in [1.82, 2.24) is 0 Å². The van der Waals surface area contributed by atoms with Crippen LogP contribution in [0.25, 0.3) is 0 Å². The molecule has 0 amide bonds. The van der Waals surface area contributed by atoms with Gasteiger partial charge in [0.25, 0.3) is 0 Å². The molecule has 1 atom stereocenters. The van der Waals surface area contributed by atoms with Gasteiger partial charge in [0.2, 0.25) is 0 Å². The maximum Gasteiger partial charge on any atom is 0.130 e. The summed E-state index contributed by atoms with van der Waals surface area (Å²) in [7, 11) is 0. The summed E-state index contributed by atoms with van der Waals surface area (Å²) >= 11 is 3.56.